The van der Waals surface area contributed by atoms with Gasteiger partial charge in [-0.05, 0) is 48.3 Å². The van der Waals surface area contributed by atoms with Crippen LogP contribution < -0.4 is 5.73 Å². The Hall–Kier alpha value is 0.0600. The molecule has 0 aromatic carbocycles. The fraction of sp³-hybridized carbons (Fsp3) is 0.733. The minimum atomic E-state index is 0.163. The number of hydrogen-bond donors (Lipinski definition) is 1. The van der Waals surface area contributed by atoms with Crippen molar-refractivity contribution in [1.82, 2.24) is 9.80 Å². The summed E-state index contributed by atoms with van der Waals surface area (Å²) in [4.78, 5) is 6.53. The van der Waals surface area contributed by atoms with Gasteiger partial charge in [0.25, 0.3) is 0 Å². The highest BCUT2D eigenvalue weighted by Gasteiger charge is 2.29. The van der Waals surface area contributed by atoms with E-state index in [1.165, 1.54) is 15.1 Å². The molecule has 3 atom stereocenters. The lowest BCUT2D eigenvalue weighted by Gasteiger charge is -2.42. The largest absolute Gasteiger partial charge is 0.326 e. The number of thiophene rings is 1. The Morgan fingerprint density at radius 2 is 1.80 bits per heavy atom. The highest BCUT2D eigenvalue weighted by molar-refractivity contribution is 9.11. The van der Waals surface area contributed by atoms with Crippen molar-refractivity contribution < 1.29 is 0 Å². The standard InChI is InChI=1S/C15H26BrN3S/c1-4-11(2)18-7-9-19(10-8-18)15(12(3)17)13-5-6-14(16)20-13/h5-6,11-12,15H,4,7-10,17H2,1-3H3. The van der Waals surface area contributed by atoms with Crippen molar-refractivity contribution in [3.63, 3.8) is 0 Å². The van der Waals surface area contributed by atoms with Crippen molar-refractivity contribution in [1.29, 1.82) is 0 Å². The molecule has 0 saturated carbocycles. The van der Waals surface area contributed by atoms with E-state index in [1.807, 2.05) is 11.3 Å². The fourth-order valence-corrected chi connectivity index (χ4v) is 4.65. The monoisotopic (exact) mass is 359 g/mol. The average molecular weight is 360 g/mol. The lowest BCUT2D eigenvalue weighted by Crippen LogP contribution is -2.52. The molecule has 1 aromatic heterocycles. The van der Waals surface area contributed by atoms with E-state index >= 15 is 0 Å². The number of nitrogens with zero attached hydrogens (tertiary/aromatic N) is 2. The van der Waals surface area contributed by atoms with Crippen LogP contribution in [0.4, 0.5) is 0 Å². The molecule has 5 heteroatoms. The van der Waals surface area contributed by atoms with Gasteiger partial charge < -0.3 is 5.73 Å². The number of nitrogens with two attached hydrogens (primary N) is 1. The maximum Gasteiger partial charge on any atom is 0.0702 e. The maximum absolute atomic E-state index is 6.27. The van der Waals surface area contributed by atoms with Gasteiger partial charge in [0.2, 0.25) is 0 Å². The summed E-state index contributed by atoms with van der Waals surface area (Å²) in [5, 5.41) is 0. The van der Waals surface area contributed by atoms with Gasteiger partial charge >= 0.3 is 0 Å². The molecule has 2 N–H and O–H groups in total. The summed E-state index contributed by atoms with van der Waals surface area (Å²) in [5.74, 6) is 0. The molecule has 0 radical (unpaired) electrons. The van der Waals surface area contributed by atoms with Crippen LogP contribution in [-0.2, 0) is 0 Å². The van der Waals surface area contributed by atoms with Gasteiger partial charge in [0.15, 0.2) is 0 Å². The van der Waals surface area contributed by atoms with E-state index in [9.17, 15) is 0 Å². The van der Waals surface area contributed by atoms with Crippen LogP contribution in [0.5, 0.6) is 0 Å². The molecule has 0 spiro atoms. The van der Waals surface area contributed by atoms with E-state index in [0.717, 1.165) is 26.2 Å². The number of hydrogen-bond acceptors (Lipinski definition) is 4. The molecule has 1 saturated heterocycles. The summed E-state index contributed by atoms with van der Waals surface area (Å²) in [5.41, 5.74) is 6.27. The molecule has 20 heavy (non-hydrogen) atoms. The molecule has 1 aliphatic rings. The van der Waals surface area contributed by atoms with Crippen LogP contribution in [0.15, 0.2) is 15.9 Å². The Labute approximate surface area is 135 Å². The molecular weight excluding hydrogens is 334 g/mol. The van der Waals surface area contributed by atoms with Crippen LogP contribution in [0.3, 0.4) is 0 Å². The first-order valence-corrected chi connectivity index (χ1v) is 9.12. The van der Waals surface area contributed by atoms with E-state index in [0.29, 0.717) is 12.1 Å². The summed E-state index contributed by atoms with van der Waals surface area (Å²) >= 11 is 5.37. The van der Waals surface area contributed by atoms with Crippen molar-refractivity contribution in [2.24, 2.45) is 5.73 Å². The molecule has 2 heterocycles. The second-order valence-corrected chi connectivity index (χ2v) is 8.27. The van der Waals surface area contributed by atoms with Crippen molar-refractivity contribution in [2.45, 2.75) is 45.3 Å². The Balaban J connectivity index is 2.02. The number of piperazine rings is 1. The SMILES string of the molecule is CCC(C)N1CCN(C(c2ccc(Br)s2)C(C)N)CC1. The third kappa shape index (κ3) is 3.83. The minimum absolute atomic E-state index is 0.163. The van der Waals surface area contributed by atoms with Gasteiger partial charge in [-0.1, -0.05) is 6.92 Å². The Kier molecular flexibility index (Phi) is 6.05. The molecular formula is C15H26BrN3S. The van der Waals surface area contributed by atoms with E-state index in [-0.39, 0.29) is 6.04 Å². The van der Waals surface area contributed by atoms with Crippen LogP contribution in [0.25, 0.3) is 0 Å². The summed E-state index contributed by atoms with van der Waals surface area (Å²) in [6.45, 7) is 11.3. The maximum atomic E-state index is 6.27. The zero-order valence-corrected chi connectivity index (χ0v) is 15.1. The summed E-state index contributed by atoms with van der Waals surface area (Å²) in [7, 11) is 0. The molecule has 0 bridgehead atoms. The van der Waals surface area contributed by atoms with Crippen LogP contribution in [-0.4, -0.2) is 48.1 Å². The molecule has 1 aliphatic heterocycles. The van der Waals surface area contributed by atoms with Crippen molar-refractivity contribution >= 4 is 27.3 Å². The zero-order valence-electron chi connectivity index (χ0n) is 12.7. The first-order valence-electron chi connectivity index (χ1n) is 7.51. The van der Waals surface area contributed by atoms with Gasteiger partial charge in [-0.15, -0.1) is 11.3 Å². The molecule has 2 rings (SSSR count). The first kappa shape index (κ1) is 16.4. The third-order valence-electron chi connectivity index (χ3n) is 4.34. The van der Waals surface area contributed by atoms with E-state index in [4.69, 9.17) is 5.73 Å². The molecule has 3 nitrogen and oxygen atoms in total. The van der Waals surface area contributed by atoms with Gasteiger partial charge in [0, 0.05) is 43.1 Å². The minimum Gasteiger partial charge on any atom is -0.326 e. The summed E-state index contributed by atoms with van der Waals surface area (Å²) in [6, 6.07) is 5.55. The third-order valence-corrected chi connectivity index (χ3v) is 6.03. The lowest BCUT2D eigenvalue weighted by molar-refractivity contribution is 0.0664. The highest BCUT2D eigenvalue weighted by atomic mass is 79.9. The Morgan fingerprint density at radius 3 is 2.25 bits per heavy atom. The molecule has 0 aliphatic carbocycles. The highest BCUT2D eigenvalue weighted by Crippen LogP contribution is 2.33. The van der Waals surface area contributed by atoms with Gasteiger partial charge in [0.05, 0.1) is 9.83 Å². The van der Waals surface area contributed by atoms with Crippen LogP contribution in [0.2, 0.25) is 0 Å². The lowest BCUT2D eigenvalue weighted by atomic mass is 10.1. The van der Waals surface area contributed by atoms with Crippen molar-refractivity contribution in [2.75, 3.05) is 26.2 Å². The van der Waals surface area contributed by atoms with E-state index in [1.54, 1.807) is 0 Å². The van der Waals surface area contributed by atoms with E-state index < -0.39 is 0 Å². The summed E-state index contributed by atoms with van der Waals surface area (Å²) < 4.78 is 1.19. The van der Waals surface area contributed by atoms with Crippen molar-refractivity contribution in [3.8, 4) is 0 Å². The molecule has 1 fully saturated rings. The first-order chi connectivity index (χ1) is 9.52. The topological polar surface area (TPSA) is 32.5 Å². The predicted octanol–water partition coefficient (Wildman–Crippen LogP) is 3.32. The predicted molar refractivity (Wildman–Crippen MR) is 91.3 cm³/mol. The normalized spacial score (nSPS) is 22.6. The van der Waals surface area contributed by atoms with Gasteiger partial charge in [-0.3, -0.25) is 9.80 Å². The molecule has 114 valence electrons. The summed E-state index contributed by atoms with van der Waals surface area (Å²) in [6.07, 6.45) is 1.23. The Morgan fingerprint density at radius 1 is 1.20 bits per heavy atom. The second-order valence-electron chi connectivity index (χ2n) is 5.78. The number of rotatable bonds is 5. The van der Waals surface area contributed by atoms with Gasteiger partial charge in [0.1, 0.15) is 0 Å². The van der Waals surface area contributed by atoms with Gasteiger partial charge in [-0.25, -0.2) is 0 Å². The molecule has 3 unspecified atom stereocenters. The fourth-order valence-electron chi connectivity index (χ4n) is 2.97. The molecule has 1 aromatic rings. The quantitative estimate of drug-likeness (QED) is 0.874. The van der Waals surface area contributed by atoms with Gasteiger partial charge in [-0.2, -0.15) is 0 Å². The van der Waals surface area contributed by atoms with Crippen LogP contribution in [0.1, 0.15) is 38.1 Å². The van der Waals surface area contributed by atoms with Crippen molar-refractivity contribution in [3.05, 3.63) is 20.8 Å². The average Bonchev–Trinajstić information content (AvgIpc) is 2.85. The number of halogens is 1. The Bertz CT molecular complexity index is 413. The van der Waals surface area contributed by atoms with E-state index in [2.05, 4.69) is 58.6 Å². The van der Waals surface area contributed by atoms with Crippen LogP contribution >= 0.6 is 27.3 Å². The molecule has 0 amide bonds. The second kappa shape index (κ2) is 7.36. The smallest absolute Gasteiger partial charge is 0.0702 e. The zero-order chi connectivity index (χ0) is 14.7. The van der Waals surface area contributed by atoms with Crippen LogP contribution in [0, 0.1) is 0 Å².